The maximum absolute atomic E-state index is 8.67. The van der Waals surface area contributed by atoms with Gasteiger partial charge in [-0.2, -0.15) is 0 Å². The second-order valence-electron chi connectivity index (χ2n) is 6.87. The zero-order valence-corrected chi connectivity index (χ0v) is 14.4. The third kappa shape index (κ3) is 2.39. The number of aryl methyl sites for hydroxylation is 1. The molecule has 1 N–H and O–H groups in total. The van der Waals surface area contributed by atoms with Crippen molar-refractivity contribution in [3.63, 3.8) is 0 Å². The molecule has 5 nitrogen and oxygen atoms in total. The minimum Gasteiger partial charge on any atom is -0.467 e. The highest BCUT2D eigenvalue weighted by molar-refractivity contribution is 5.80. The topological polar surface area (TPSA) is 59.7 Å². The van der Waals surface area contributed by atoms with Crippen LogP contribution in [0.3, 0.4) is 0 Å². The number of aromatic nitrogens is 3. The first kappa shape index (κ1) is 15.2. The van der Waals surface area contributed by atoms with E-state index >= 15 is 0 Å². The van der Waals surface area contributed by atoms with Crippen LogP contribution in [0.2, 0.25) is 0 Å². The number of furan rings is 1. The molecule has 0 aliphatic heterocycles. The smallest absolute Gasteiger partial charge is 0.146 e. The molecule has 3 aromatic rings. The Morgan fingerprint density at radius 1 is 1.25 bits per heavy atom. The highest BCUT2D eigenvalue weighted by Crippen LogP contribution is 2.33. The third-order valence-electron chi connectivity index (χ3n) is 5.42. The van der Waals surface area contributed by atoms with Crippen molar-refractivity contribution in [3.05, 3.63) is 47.2 Å². The van der Waals surface area contributed by atoms with Crippen molar-refractivity contribution < 1.29 is 4.42 Å². The Kier molecular flexibility index (Phi) is 3.79. The number of nitrogens with zero attached hydrogens (tertiary/aromatic N) is 3. The molecule has 0 spiro atoms. The highest BCUT2D eigenvalue weighted by Gasteiger charge is 2.22. The van der Waals surface area contributed by atoms with Gasteiger partial charge in [-0.25, -0.2) is 4.98 Å². The van der Waals surface area contributed by atoms with Crippen molar-refractivity contribution in [2.75, 3.05) is 0 Å². The van der Waals surface area contributed by atoms with Crippen LogP contribution in [0.4, 0.5) is 0 Å². The van der Waals surface area contributed by atoms with Crippen molar-refractivity contribution in [1.82, 2.24) is 14.1 Å². The van der Waals surface area contributed by atoms with E-state index in [1.807, 2.05) is 16.7 Å². The van der Waals surface area contributed by atoms with E-state index in [1.165, 1.54) is 43.4 Å². The van der Waals surface area contributed by atoms with E-state index in [1.54, 1.807) is 12.6 Å². The fraction of sp³-hybridized carbons (Fsp3) is 0.474. The lowest BCUT2D eigenvalue weighted by Gasteiger charge is -2.25. The van der Waals surface area contributed by atoms with Crippen LogP contribution in [0, 0.1) is 19.3 Å². The van der Waals surface area contributed by atoms with Gasteiger partial charge >= 0.3 is 0 Å². The fourth-order valence-corrected chi connectivity index (χ4v) is 4.02. The average Bonchev–Trinajstić information content (AvgIpc) is 3.19. The Bertz CT molecular complexity index is 911. The summed E-state index contributed by atoms with van der Waals surface area (Å²) in [6.07, 6.45) is 9.82. The summed E-state index contributed by atoms with van der Waals surface area (Å²) < 4.78 is 9.67. The van der Waals surface area contributed by atoms with Crippen LogP contribution in [0.5, 0.6) is 0 Å². The zero-order chi connectivity index (χ0) is 16.7. The molecular formula is C19H24N4O. The van der Waals surface area contributed by atoms with E-state index in [4.69, 9.17) is 14.8 Å². The first-order valence-electron chi connectivity index (χ1n) is 8.80. The van der Waals surface area contributed by atoms with Crippen molar-refractivity contribution in [3.8, 4) is 0 Å². The molecule has 1 aliphatic carbocycles. The van der Waals surface area contributed by atoms with Crippen molar-refractivity contribution in [2.45, 2.75) is 58.5 Å². The van der Waals surface area contributed by atoms with Gasteiger partial charge in [0.25, 0.3) is 0 Å². The summed E-state index contributed by atoms with van der Waals surface area (Å²) in [7, 11) is 0. The molecule has 5 heteroatoms. The number of hydrogen-bond donors (Lipinski definition) is 1. The number of hydrogen-bond acceptors (Lipinski definition) is 3. The molecule has 0 bridgehead atoms. The Labute approximate surface area is 141 Å². The average molecular weight is 324 g/mol. The van der Waals surface area contributed by atoms with E-state index < -0.39 is 0 Å². The molecule has 0 amide bonds. The molecule has 1 saturated carbocycles. The lowest BCUT2D eigenvalue weighted by Crippen LogP contribution is -2.22. The molecule has 0 saturated heterocycles. The van der Waals surface area contributed by atoms with Gasteiger partial charge in [-0.1, -0.05) is 19.3 Å². The monoisotopic (exact) mass is 324 g/mol. The molecule has 3 aromatic heterocycles. The van der Waals surface area contributed by atoms with Crippen LogP contribution < -0.4 is 5.49 Å². The van der Waals surface area contributed by atoms with Gasteiger partial charge < -0.3 is 13.6 Å². The van der Waals surface area contributed by atoms with Crippen LogP contribution in [-0.2, 0) is 6.54 Å². The summed E-state index contributed by atoms with van der Waals surface area (Å²) in [6, 6.07) is 4.34. The van der Waals surface area contributed by atoms with Crippen LogP contribution in [0.25, 0.3) is 11.0 Å². The van der Waals surface area contributed by atoms with E-state index in [2.05, 4.69) is 18.4 Å². The maximum Gasteiger partial charge on any atom is 0.146 e. The Balaban J connectivity index is 1.84. The minimum absolute atomic E-state index is 0.520. The fourth-order valence-electron chi connectivity index (χ4n) is 4.02. The highest BCUT2D eigenvalue weighted by atomic mass is 16.3. The van der Waals surface area contributed by atoms with Gasteiger partial charge in [0.15, 0.2) is 0 Å². The van der Waals surface area contributed by atoms with Crippen LogP contribution in [0.1, 0.15) is 55.2 Å². The second kappa shape index (κ2) is 5.96. The van der Waals surface area contributed by atoms with Crippen molar-refractivity contribution >= 4 is 11.0 Å². The van der Waals surface area contributed by atoms with Gasteiger partial charge in [-0.15, -0.1) is 0 Å². The SMILES string of the molecule is Cc1c(C)n(C2CCCCC2)c2ncn(Cc3ccco3)c(=N)c12. The van der Waals surface area contributed by atoms with Gasteiger partial charge in [0.1, 0.15) is 16.9 Å². The normalized spacial score (nSPS) is 16.1. The van der Waals surface area contributed by atoms with Crippen LogP contribution in [0.15, 0.2) is 29.1 Å². The second-order valence-corrected chi connectivity index (χ2v) is 6.87. The largest absolute Gasteiger partial charge is 0.467 e. The first-order valence-corrected chi connectivity index (χ1v) is 8.80. The molecule has 0 atom stereocenters. The molecule has 0 unspecified atom stereocenters. The van der Waals surface area contributed by atoms with E-state index in [0.717, 1.165) is 16.8 Å². The van der Waals surface area contributed by atoms with Gasteiger partial charge in [-0.05, 0) is 44.4 Å². The predicted octanol–water partition coefficient (Wildman–Crippen LogP) is 4.08. The van der Waals surface area contributed by atoms with E-state index in [-0.39, 0.29) is 0 Å². The summed E-state index contributed by atoms with van der Waals surface area (Å²) in [4.78, 5) is 4.74. The maximum atomic E-state index is 8.67. The molecule has 3 heterocycles. The van der Waals surface area contributed by atoms with Crippen molar-refractivity contribution in [1.29, 1.82) is 5.41 Å². The van der Waals surface area contributed by atoms with E-state index in [9.17, 15) is 0 Å². The summed E-state index contributed by atoms with van der Waals surface area (Å²) in [5.41, 5.74) is 3.93. The molecule has 4 rings (SSSR count). The predicted molar refractivity (Wildman–Crippen MR) is 93.0 cm³/mol. The Morgan fingerprint density at radius 2 is 2.04 bits per heavy atom. The molecule has 126 valence electrons. The summed E-state index contributed by atoms with van der Waals surface area (Å²) >= 11 is 0. The zero-order valence-electron chi connectivity index (χ0n) is 14.4. The lowest BCUT2D eigenvalue weighted by molar-refractivity contribution is 0.355. The molecule has 0 aromatic carbocycles. The number of rotatable bonds is 3. The van der Waals surface area contributed by atoms with Gasteiger partial charge in [-0.3, -0.25) is 5.41 Å². The standard InChI is InChI=1S/C19H24N4O/c1-13-14(2)23(15-7-4-3-5-8-15)19-17(13)18(20)22(12-21-19)11-16-9-6-10-24-16/h6,9-10,12,15,20H,3-5,7-8,11H2,1-2H3. The molecule has 1 aliphatic rings. The quantitative estimate of drug-likeness (QED) is 0.789. The van der Waals surface area contributed by atoms with Gasteiger partial charge in [0, 0.05) is 11.7 Å². The lowest BCUT2D eigenvalue weighted by atomic mass is 9.95. The van der Waals surface area contributed by atoms with Gasteiger partial charge in [0.2, 0.25) is 0 Å². The first-order chi connectivity index (χ1) is 11.7. The molecular weight excluding hydrogens is 300 g/mol. The summed E-state index contributed by atoms with van der Waals surface area (Å²) in [5, 5.41) is 9.65. The van der Waals surface area contributed by atoms with E-state index in [0.29, 0.717) is 18.1 Å². The number of fused-ring (bicyclic) bond motifs is 1. The summed E-state index contributed by atoms with van der Waals surface area (Å²) in [5.74, 6) is 0.843. The van der Waals surface area contributed by atoms with Gasteiger partial charge in [0.05, 0.1) is 24.5 Å². The van der Waals surface area contributed by atoms with Crippen molar-refractivity contribution in [2.24, 2.45) is 0 Å². The Hall–Kier alpha value is -2.30. The molecule has 1 fully saturated rings. The number of nitrogens with one attached hydrogen (secondary N) is 1. The minimum atomic E-state index is 0.520. The Morgan fingerprint density at radius 3 is 2.75 bits per heavy atom. The molecule has 0 radical (unpaired) electrons. The van der Waals surface area contributed by atoms with Crippen LogP contribution >= 0.6 is 0 Å². The third-order valence-corrected chi connectivity index (χ3v) is 5.42. The summed E-state index contributed by atoms with van der Waals surface area (Å²) in [6.45, 7) is 4.83. The molecule has 24 heavy (non-hydrogen) atoms. The van der Waals surface area contributed by atoms with Crippen LogP contribution in [-0.4, -0.2) is 14.1 Å².